The number of hydrogen-bond acceptors (Lipinski definition) is 0. The van der Waals surface area contributed by atoms with Crippen LogP contribution in [0.15, 0.2) is 0 Å². The van der Waals surface area contributed by atoms with Crippen molar-refractivity contribution in [3.05, 3.63) is 0 Å². The van der Waals surface area contributed by atoms with Crippen molar-refractivity contribution in [1.29, 1.82) is 0 Å². The summed E-state index contributed by atoms with van der Waals surface area (Å²) in [6, 6.07) is 0. The van der Waals surface area contributed by atoms with E-state index < -0.39 is 0 Å². The Morgan fingerprint density at radius 1 is 1.08 bits per heavy atom. The van der Waals surface area contributed by atoms with Gasteiger partial charge in [-0.05, 0) is 18.0 Å². The minimum Gasteiger partial charge on any atom is -0.137 e. The maximum atomic E-state index is 2.84. The highest BCUT2D eigenvalue weighted by Crippen LogP contribution is 2.20. The molecule has 74 valence electrons. The molecule has 1 heteroatoms. The van der Waals surface area contributed by atoms with Crippen molar-refractivity contribution in [2.24, 2.45) is 11.8 Å². The van der Waals surface area contributed by atoms with Crippen LogP contribution in [0.5, 0.6) is 0 Å². The van der Waals surface area contributed by atoms with Crippen molar-refractivity contribution in [2.75, 3.05) is 6.16 Å². The molecular formula is C11H25P. The Labute approximate surface area is 80.7 Å². The normalized spacial score (nSPS) is 16.0. The second-order valence-electron chi connectivity index (χ2n) is 3.98. The molecule has 0 rings (SSSR count). The van der Waals surface area contributed by atoms with Crippen molar-refractivity contribution in [2.45, 2.75) is 52.9 Å². The van der Waals surface area contributed by atoms with Gasteiger partial charge in [-0.25, -0.2) is 0 Å². The van der Waals surface area contributed by atoms with Crippen LogP contribution >= 0.6 is 9.24 Å². The maximum absolute atomic E-state index is 2.84. The lowest BCUT2D eigenvalue weighted by molar-refractivity contribution is 0.389. The van der Waals surface area contributed by atoms with Crippen LogP contribution in [0, 0.1) is 11.8 Å². The smallest absolute Gasteiger partial charge is 0.0355 e. The van der Waals surface area contributed by atoms with Gasteiger partial charge in [-0.2, -0.15) is 0 Å². The third kappa shape index (κ3) is 6.00. The van der Waals surface area contributed by atoms with E-state index in [1.54, 1.807) is 0 Å². The minimum absolute atomic E-state index is 0.904. The minimum atomic E-state index is 0.904. The molecule has 0 saturated heterocycles. The second-order valence-corrected chi connectivity index (χ2v) is 4.45. The van der Waals surface area contributed by atoms with Gasteiger partial charge in [0.2, 0.25) is 0 Å². The quantitative estimate of drug-likeness (QED) is 0.527. The van der Waals surface area contributed by atoms with Gasteiger partial charge in [0.25, 0.3) is 0 Å². The van der Waals surface area contributed by atoms with E-state index in [0.29, 0.717) is 0 Å². The summed E-state index contributed by atoms with van der Waals surface area (Å²) in [5.74, 6) is 1.90. The largest absolute Gasteiger partial charge is 0.137 e. The lowest BCUT2D eigenvalue weighted by Gasteiger charge is -2.15. The van der Waals surface area contributed by atoms with E-state index >= 15 is 0 Å². The summed E-state index contributed by atoms with van der Waals surface area (Å²) in [7, 11) is 2.84. The third-order valence-corrected chi connectivity index (χ3v) is 3.55. The highest BCUT2D eigenvalue weighted by Gasteiger charge is 2.06. The maximum Gasteiger partial charge on any atom is -0.0355 e. The lowest BCUT2D eigenvalue weighted by atomic mass is 9.92. The van der Waals surface area contributed by atoms with Crippen molar-refractivity contribution >= 4 is 9.24 Å². The van der Waals surface area contributed by atoms with Crippen LogP contribution in [0.25, 0.3) is 0 Å². The van der Waals surface area contributed by atoms with Gasteiger partial charge in [-0.3, -0.25) is 0 Å². The molecular weight excluding hydrogens is 163 g/mol. The van der Waals surface area contributed by atoms with Crippen LogP contribution in [0.4, 0.5) is 0 Å². The summed E-state index contributed by atoms with van der Waals surface area (Å²) in [5, 5.41) is 0. The van der Waals surface area contributed by atoms with Gasteiger partial charge < -0.3 is 0 Å². The van der Waals surface area contributed by atoms with E-state index in [0.717, 1.165) is 11.8 Å². The predicted molar refractivity (Wildman–Crippen MR) is 61.7 cm³/mol. The number of rotatable bonds is 7. The van der Waals surface area contributed by atoms with Gasteiger partial charge in [-0.15, -0.1) is 9.24 Å². The molecule has 0 saturated carbocycles. The van der Waals surface area contributed by atoms with Gasteiger partial charge >= 0.3 is 0 Å². The SMILES string of the molecule is CCCC(CC)CCC(C)CP. The average Bonchev–Trinajstić information content (AvgIpc) is 2.11. The Kier molecular flexibility index (Phi) is 8.34. The molecule has 0 fully saturated rings. The molecule has 0 amide bonds. The molecule has 0 aromatic rings. The Morgan fingerprint density at radius 2 is 1.75 bits per heavy atom. The predicted octanol–water partition coefficient (Wildman–Crippen LogP) is 4.10. The van der Waals surface area contributed by atoms with Crippen molar-refractivity contribution < 1.29 is 0 Å². The molecule has 3 unspecified atom stereocenters. The van der Waals surface area contributed by atoms with Crippen LogP contribution in [0.1, 0.15) is 52.9 Å². The zero-order valence-corrected chi connectivity index (χ0v) is 10.1. The molecule has 0 bridgehead atoms. The molecule has 0 heterocycles. The number of hydrogen-bond donors (Lipinski definition) is 0. The van der Waals surface area contributed by atoms with Crippen molar-refractivity contribution in [3.8, 4) is 0 Å². The fourth-order valence-electron chi connectivity index (χ4n) is 1.60. The fraction of sp³-hybridized carbons (Fsp3) is 1.00. The highest BCUT2D eigenvalue weighted by molar-refractivity contribution is 7.16. The monoisotopic (exact) mass is 188 g/mol. The Morgan fingerprint density at radius 3 is 2.17 bits per heavy atom. The van der Waals surface area contributed by atoms with E-state index in [9.17, 15) is 0 Å². The van der Waals surface area contributed by atoms with Crippen LogP contribution in [-0.4, -0.2) is 6.16 Å². The van der Waals surface area contributed by atoms with E-state index in [2.05, 4.69) is 30.0 Å². The van der Waals surface area contributed by atoms with E-state index in [1.165, 1.54) is 38.3 Å². The summed E-state index contributed by atoms with van der Waals surface area (Å²) in [6.45, 7) is 6.97. The van der Waals surface area contributed by atoms with Crippen molar-refractivity contribution in [1.82, 2.24) is 0 Å². The molecule has 3 atom stereocenters. The standard InChI is InChI=1S/C11H25P/c1-4-6-11(5-2)8-7-10(3)9-12/h10-11H,4-9,12H2,1-3H3. The second kappa shape index (κ2) is 8.05. The summed E-state index contributed by atoms with van der Waals surface area (Å²) < 4.78 is 0. The molecule has 0 aliphatic carbocycles. The van der Waals surface area contributed by atoms with Crippen LogP contribution < -0.4 is 0 Å². The van der Waals surface area contributed by atoms with E-state index in [4.69, 9.17) is 0 Å². The highest BCUT2D eigenvalue weighted by atomic mass is 31.0. The average molecular weight is 188 g/mol. The zero-order valence-electron chi connectivity index (χ0n) is 8.97. The van der Waals surface area contributed by atoms with E-state index in [-0.39, 0.29) is 0 Å². The molecule has 0 radical (unpaired) electrons. The van der Waals surface area contributed by atoms with Crippen LogP contribution in [0.3, 0.4) is 0 Å². The molecule has 0 aliphatic heterocycles. The zero-order chi connectivity index (χ0) is 9.40. The summed E-state index contributed by atoms with van der Waals surface area (Å²) in [4.78, 5) is 0. The van der Waals surface area contributed by atoms with Gasteiger partial charge in [0.1, 0.15) is 0 Å². The van der Waals surface area contributed by atoms with Gasteiger partial charge in [0.15, 0.2) is 0 Å². The van der Waals surface area contributed by atoms with Crippen LogP contribution in [0.2, 0.25) is 0 Å². The summed E-state index contributed by atoms with van der Waals surface area (Å²) >= 11 is 0. The summed E-state index contributed by atoms with van der Waals surface area (Å²) in [6.07, 6.45) is 8.29. The first-order chi connectivity index (χ1) is 5.74. The first-order valence-electron chi connectivity index (χ1n) is 5.44. The summed E-state index contributed by atoms with van der Waals surface area (Å²) in [5.41, 5.74) is 0. The first kappa shape index (κ1) is 12.4. The van der Waals surface area contributed by atoms with Gasteiger partial charge in [0, 0.05) is 0 Å². The topological polar surface area (TPSA) is 0 Å². The lowest BCUT2D eigenvalue weighted by Crippen LogP contribution is -2.03. The Balaban J connectivity index is 3.43. The van der Waals surface area contributed by atoms with Crippen molar-refractivity contribution in [3.63, 3.8) is 0 Å². The molecule has 0 N–H and O–H groups in total. The Hall–Kier alpha value is 0.430. The molecule has 0 aliphatic rings. The molecule has 12 heavy (non-hydrogen) atoms. The molecule has 0 spiro atoms. The first-order valence-corrected chi connectivity index (χ1v) is 6.26. The van der Waals surface area contributed by atoms with Gasteiger partial charge in [0.05, 0.1) is 0 Å². The van der Waals surface area contributed by atoms with Crippen LogP contribution in [-0.2, 0) is 0 Å². The van der Waals surface area contributed by atoms with E-state index in [1.807, 2.05) is 0 Å². The Bertz CT molecular complexity index is 91.0. The fourth-order valence-corrected chi connectivity index (χ4v) is 1.83. The molecule has 0 aromatic carbocycles. The molecule has 0 nitrogen and oxygen atoms in total. The molecule has 0 aromatic heterocycles. The third-order valence-electron chi connectivity index (χ3n) is 2.74. The van der Waals surface area contributed by atoms with Gasteiger partial charge in [-0.1, -0.05) is 52.9 Å².